The number of hydrogen-bond donors (Lipinski definition) is 0. The first-order chi connectivity index (χ1) is 14.2. The minimum atomic E-state index is -0.189. The minimum absolute atomic E-state index is 0.0203. The summed E-state index contributed by atoms with van der Waals surface area (Å²) in [7, 11) is 0. The Morgan fingerprint density at radius 1 is 0.966 bits per heavy atom. The number of amides is 1. The standard InChI is InChI=1S/C25H21N3O/c1-18-10-12-19(13-11-18)24-23-9-5-15-27(23)22-8-3-2-6-21(22)17-28(24)25(29)20-7-4-14-26-16-20/h2-16,24H,17H2,1H3. The molecule has 2 aromatic carbocycles. The lowest BCUT2D eigenvalue weighted by Gasteiger charge is -2.31. The molecule has 1 aliphatic heterocycles. The molecule has 4 heteroatoms. The third-order valence-corrected chi connectivity index (χ3v) is 5.53. The molecule has 1 aliphatic rings. The molecular weight excluding hydrogens is 358 g/mol. The quantitative estimate of drug-likeness (QED) is 0.495. The first-order valence-electron chi connectivity index (χ1n) is 9.75. The number of carbonyl (C=O) groups is 1. The van der Waals surface area contributed by atoms with E-state index in [9.17, 15) is 4.79 Å². The molecule has 0 spiro atoms. The summed E-state index contributed by atoms with van der Waals surface area (Å²) in [6, 6.07) is 24.3. The lowest BCUT2D eigenvalue weighted by molar-refractivity contribution is 0.0690. The molecule has 1 unspecified atom stereocenters. The Kier molecular flexibility index (Phi) is 4.24. The molecule has 0 saturated heterocycles. The highest BCUT2D eigenvalue weighted by Crippen LogP contribution is 2.37. The van der Waals surface area contributed by atoms with Gasteiger partial charge in [-0.1, -0.05) is 48.0 Å². The largest absolute Gasteiger partial charge is 0.322 e. The number of hydrogen-bond acceptors (Lipinski definition) is 2. The average molecular weight is 379 g/mol. The van der Waals surface area contributed by atoms with Gasteiger partial charge in [0.25, 0.3) is 5.91 Å². The Morgan fingerprint density at radius 3 is 2.59 bits per heavy atom. The number of fused-ring (bicyclic) bond motifs is 3. The van der Waals surface area contributed by atoms with Crippen molar-refractivity contribution in [3.8, 4) is 5.69 Å². The molecule has 0 aliphatic carbocycles. The van der Waals surface area contributed by atoms with Gasteiger partial charge in [-0.3, -0.25) is 9.78 Å². The van der Waals surface area contributed by atoms with Crippen LogP contribution in [0.2, 0.25) is 0 Å². The van der Waals surface area contributed by atoms with Gasteiger partial charge in [0.05, 0.1) is 17.3 Å². The number of para-hydroxylation sites is 1. The molecule has 0 fully saturated rings. The predicted octanol–water partition coefficient (Wildman–Crippen LogP) is 4.93. The number of benzene rings is 2. The molecule has 1 atom stereocenters. The predicted molar refractivity (Wildman–Crippen MR) is 113 cm³/mol. The molecule has 2 aromatic heterocycles. The third-order valence-electron chi connectivity index (χ3n) is 5.53. The average Bonchev–Trinajstić information content (AvgIpc) is 3.19. The van der Waals surface area contributed by atoms with Crippen LogP contribution in [0.25, 0.3) is 5.69 Å². The highest BCUT2D eigenvalue weighted by Gasteiger charge is 2.33. The zero-order valence-electron chi connectivity index (χ0n) is 16.2. The van der Waals surface area contributed by atoms with Gasteiger partial charge < -0.3 is 9.47 Å². The van der Waals surface area contributed by atoms with Crippen LogP contribution in [0, 0.1) is 6.92 Å². The lowest BCUT2D eigenvalue weighted by atomic mass is 9.99. The second-order valence-electron chi connectivity index (χ2n) is 7.42. The number of aryl methyl sites for hydroxylation is 1. The number of carbonyl (C=O) groups excluding carboxylic acids is 1. The molecule has 1 amide bonds. The Hall–Kier alpha value is -3.66. The summed E-state index contributed by atoms with van der Waals surface area (Å²) in [4.78, 5) is 19.7. The fourth-order valence-corrected chi connectivity index (χ4v) is 4.09. The molecule has 0 saturated carbocycles. The Balaban J connectivity index is 1.72. The summed E-state index contributed by atoms with van der Waals surface area (Å²) in [5.41, 5.74) is 6.22. The Morgan fingerprint density at radius 2 is 1.79 bits per heavy atom. The Bertz CT molecular complexity index is 1160. The zero-order valence-corrected chi connectivity index (χ0v) is 16.2. The van der Waals surface area contributed by atoms with E-state index >= 15 is 0 Å². The van der Waals surface area contributed by atoms with Crippen LogP contribution >= 0.6 is 0 Å². The van der Waals surface area contributed by atoms with E-state index in [0.717, 1.165) is 22.5 Å². The summed E-state index contributed by atoms with van der Waals surface area (Å²) in [5.74, 6) is -0.0203. The molecular formula is C25H21N3O. The van der Waals surface area contributed by atoms with Gasteiger partial charge in [0.1, 0.15) is 0 Å². The lowest BCUT2D eigenvalue weighted by Crippen LogP contribution is -2.34. The molecule has 3 heterocycles. The SMILES string of the molecule is Cc1ccc(C2c3cccn3-c3ccccc3CN2C(=O)c2cccnc2)cc1. The molecule has 0 bridgehead atoms. The highest BCUT2D eigenvalue weighted by molar-refractivity contribution is 5.94. The summed E-state index contributed by atoms with van der Waals surface area (Å²) < 4.78 is 2.20. The van der Waals surface area contributed by atoms with Crippen molar-refractivity contribution in [3.05, 3.63) is 119 Å². The minimum Gasteiger partial charge on any atom is -0.322 e. The van der Waals surface area contributed by atoms with E-state index in [4.69, 9.17) is 0 Å². The maximum absolute atomic E-state index is 13.6. The highest BCUT2D eigenvalue weighted by atomic mass is 16.2. The van der Waals surface area contributed by atoms with E-state index in [1.165, 1.54) is 5.56 Å². The van der Waals surface area contributed by atoms with E-state index in [0.29, 0.717) is 12.1 Å². The van der Waals surface area contributed by atoms with Crippen LogP contribution in [0.4, 0.5) is 0 Å². The van der Waals surface area contributed by atoms with Crippen molar-refractivity contribution in [2.24, 2.45) is 0 Å². The summed E-state index contributed by atoms with van der Waals surface area (Å²) in [5, 5.41) is 0. The van der Waals surface area contributed by atoms with Gasteiger partial charge in [-0.2, -0.15) is 0 Å². The van der Waals surface area contributed by atoms with Crippen molar-refractivity contribution in [1.82, 2.24) is 14.5 Å². The van der Waals surface area contributed by atoms with Crippen molar-refractivity contribution >= 4 is 5.91 Å². The first kappa shape index (κ1) is 17.4. The fraction of sp³-hybridized carbons (Fsp3) is 0.120. The second-order valence-corrected chi connectivity index (χ2v) is 7.42. The number of aromatic nitrogens is 2. The normalized spacial score (nSPS) is 15.3. The topological polar surface area (TPSA) is 38.1 Å². The van der Waals surface area contributed by atoms with Crippen molar-refractivity contribution in [3.63, 3.8) is 0 Å². The monoisotopic (exact) mass is 379 g/mol. The fourth-order valence-electron chi connectivity index (χ4n) is 4.09. The van der Waals surface area contributed by atoms with E-state index < -0.39 is 0 Å². The molecule has 4 aromatic rings. The van der Waals surface area contributed by atoms with Crippen LogP contribution in [0.15, 0.2) is 91.4 Å². The second kappa shape index (κ2) is 7.06. The maximum Gasteiger partial charge on any atom is 0.256 e. The zero-order chi connectivity index (χ0) is 19.8. The van der Waals surface area contributed by atoms with Gasteiger partial charge in [0.15, 0.2) is 0 Å². The molecule has 29 heavy (non-hydrogen) atoms. The summed E-state index contributed by atoms with van der Waals surface area (Å²) >= 11 is 0. The Labute approximate surface area is 170 Å². The van der Waals surface area contributed by atoms with Crippen molar-refractivity contribution < 1.29 is 4.79 Å². The molecule has 5 rings (SSSR count). The summed E-state index contributed by atoms with van der Waals surface area (Å²) in [6.07, 6.45) is 5.41. The molecule has 4 nitrogen and oxygen atoms in total. The van der Waals surface area contributed by atoms with Crippen LogP contribution in [0.1, 0.15) is 38.8 Å². The van der Waals surface area contributed by atoms with Crippen LogP contribution < -0.4 is 0 Å². The summed E-state index contributed by atoms with van der Waals surface area (Å²) in [6.45, 7) is 2.61. The van der Waals surface area contributed by atoms with Crippen molar-refractivity contribution in [1.29, 1.82) is 0 Å². The smallest absolute Gasteiger partial charge is 0.256 e. The van der Waals surface area contributed by atoms with Crippen LogP contribution in [0.3, 0.4) is 0 Å². The number of nitrogens with zero attached hydrogens (tertiary/aromatic N) is 3. The van der Waals surface area contributed by atoms with Gasteiger partial charge in [-0.05, 0) is 48.4 Å². The molecule has 0 N–H and O–H groups in total. The number of pyridine rings is 1. The maximum atomic E-state index is 13.6. The third kappa shape index (κ3) is 3.03. The van der Waals surface area contributed by atoms with Crippen LogP contribution in [-0.2, 0) is 6.54 Å². The van der Waals surface area contributed by atoms with Gasteiger partial charge in [0, 0.05) is 30.8 Å². The first-order valence-corrected chi connectivity index (χ1v) is 9.75. The van der Waals surface area contributed by atoms with Gasteiger partial charge in [0.2, 0.25) is 0 Å². The molecule has 142 valence electrons. The van der Waals surface area contributed by atoms with Crippen molar-refractivity contribution in [2.45, 2.75) is 19.5 Å². The molecule has 0 radical (unpaired) electrons. The van der Waals surface area contributed by atoms with Crippen molar-refractivity contribution in [2.75, 3.05) is 0 Å². The van der Waals surface area contributed by atoms with Crippen LogP contribution in [0.5, 0.6) is 0 Å². The number of rotatable bonds is 2. The van der Waals surface area contributed by atoms with E-state index in [2.05, 4.69) is 65.1 Å². The van der Waals surface area contributed by atoms with Gasteiger partial charge >= 0.3 is 0 Å². The van der Waals surface area contributed by atoms with E-state index in [1.54, 1.807) is 12.4 Å². The van der Waals surface area contributed by atoms with E-state index in [-0.39, 0.29) is 11.9 Å². The van der Waals surface area contributed by atoms with Gasteiger partial charge in [-0.25, -0.2) is 0 Å². The van der Waals surface area contributed by atoms with E-state index in [1.807, 2.05) is 35.2 Å². The van der Waals surface area contributed by atoms with Crippen LogP contribution in [-0.4, -0.2) is 20.4 Å². The van der Waals surface area contributed by atoms with Gasteiger partial charge in [-0.15, -0.1) is 0 Å².